The molecule has 0 spiro atoms. The van der Waals surface area contributed by atoms with Gasteiger partial charge in [0.05, 0.1) is 20.8 Å². The molecule has 6 nitrogen and oxygen atoms in total. The molecule has 0 fully saturated rings. The monoisotopic (exact) mass is 484 g/mol. The van der Waals surface area contributed by atoms with Gasteiger partial charge in [0.15, 0.2) is 5.96 Å². The Bertz CT molecular complexity index is 720. The molecule has 0 aliphatic rings. The van der Waals surface area contributed by atoms with Crippen molar-refractivity contribution in [1.82, 2.24) is 15.6 Å². The normalized spacial score (nSPS) is 10.7. The summed E-state index contributed by atoms with van der Waals surface area (Å²) in [6.07, 6.45) is 2.64. The van der Waals surface area contributed by atoms with Crippen molar-refractivity contribution in [2.75, 3.05) is 27.3 Å². The molecular weight excluding hydrogens is 455 g/mol. The first kappa shape index (κ1) is 23.0. The zero-order valence-electron chi connectivity index (χ0n) is 16.4. The van der Waals surface area contributed by atoms with Gasteiger partial charge in [-0.1, -0.05) is 23.8 Å². The van der Waals surface area contributed by atoms with Crippen LogP contribution < -0.4 is 20.1 Å². The van der Waals surface area contributed by atoms with Gasteiger partial charge in [0, 0.05) is 25.4 Å². The highest BCUT2D eigenvalue weighted by Gasteiger charge is 2.04. The molecule has 1 heterocycles. The van der Waals surface area contributed by atoms with E-state index in [-0.39, 0.29) is 24.0 Å². The zero-order chi connectivity index (χ0) is 18.8. The van der Waals surface area contributed by atoms with Crippen LogP contribution in [-0.2, 0) is 13.0 Å². The summed E-state index contributed by atoms with van der Waals surface area (Å²) in [4.78, 5) is 8.82. The van der Waals surface area contributed by atoms with E-state index in [1.165, 1.54) is 11.1 Å². The lowest BCUT2D eigenvalue weighted by Gasteiger charge is -2.13. The zero-order valence-corrected chi connectivity index (χ0v) is 18.7. The van der Waals surface area contributed by atoms with Gasteiger partial charge in [0.25, 0.3) is 0 Å². The number of rotatable bonds is 8. The van der Waals surface area contributed by atoms with Gasteiger partial charge in [-0.25, -0.2) is 9.98 Å². The molecule has 1 aromatic carbocycles. The fourth-order valence-corrected chi connectivity index (χ4v) is 2.56. The molecule has 2 aromatic rings. The maximum absolute atomic E-state index is 5.44. The first-order chi connectivity index (χ1) is 12.7. The Kier molecular flexibility index (Phi) is 10.5. The third-order valence-electron chi connectivity index (χ3n) is 3.89. The van der Waals surface area contributed by atoms with Gasteiger partial charge in [-0.15, -0.1) is 24.0 Å². The minimum atomic E-state index is 0. The van der Waals surface area contributed by atoms with Crippen LogP contribution in [0.4, 0.5) is 0 Å². The number of methoxy groups -OCH3 is 2. The summed E-state index contributed by atoms with van der Waals surface area (Å²) in [5, 5.41) is 6.64. The second-order valence-corrected chi connectivity index (χ2v) is 5.90. The summed E-state index contributed by atoms with van der Waals surface area (Å²) in [6, 6.07) is 10.0. The smallest absolute Gasteiger partial charge is 0.212 e. The Morgan fingerprint density at radius 3 is 2.56 bits per heavy atom. The summed E-state index contributed by atoms with van der Waals surface area (Å²) in [6.45, 7) is 6.27. The number of aliphatic imine (C=N–C) groups is 1. The highest BCUT2D eigenvalue weighted by Crippen LogP contribution is 2.19. The maximum atomic E-state index is 5.44. The lowest BCUT2D eigenvalue weighted by molar-refractivity contribution is 0.397. The maximum Gasteiger partial charge on any atom is 0.212 e. The Morgan fingerprint density at radius 2 is 1.93 bits per heavy atom. The van der Waals surface area contributed by atoms with Crippen LogP contribution in [0.25, 0.3) is 0 Å². The minimum absolute atomic E-state index is 0. The van der Waals surface area contributed by atoms with E-state index >= 15 is 0 Å². The van der Waals surface area contributed by atoms with E-state index in [0.29, 0.717) is 12.4 Å². The van der Waals surface area contributed by atoms with Crippen LogP contribution in [0.15, 0.2) is 41.5 Å². The second kappa shape index (κ2) is 12.4. The topological polar surface area (TPSA) is 67.8 Å². The molecule has 0 atom stereocenters. The van der Waals surface area contributed by atoms with E-state index in [9.17, 15) is 0 Å². The molecule has 148 valence electrons. The second-order valence-electron chi connectivity index (χ2n) is 5.90. The van der Waals surface area contributed by atoms with Gasteiger partial charge in [-0.3, -0.25) is 0 Å². The fourth-order valence-electron chi connectivity index (χ4n) is 2.56. The van der Waals surface area contributed by atoms with Crippen LogP contribution in [0.3, 0.4) is 0 Å². The first-order valence-corrected chi connectivity index (χ1v) is 8.81. The van der Waals surface area contributed by atoms with E-state index in [1.54, 1.807) is 20.4 Å². The van der Waals surface area contributed by atoms with Crippen LogP contribution in [0.1, 0.15) is 23.6 Å². The fraction of sp³-hybridized carbons (Fsp3) is 0.400. The van der Waals surface area contributed by atoms with Crippen LogP contribution in [0, 0.1) is 6.92 Å². The Morgan fingerprint density at radius 1 is 1.11 bits per heavy atom. The number of nitrogens with one attached hydrogen (secondary N) is 2. The molecule has 0 amide bonds. The molecule has 2 N–H and O–H groups in total. The van der Waals surface area contributed by atoms with Crippen molar-refractivity contribution < 1.29 is 9.47 Å². The third kappa shape index (κ3) is 7.62. The number of halogens is 1. The summed E-state index contributed by atoms with van der Waals surface area (Å²) in [5.41, 5.74) is 3.45. The molecule has 0 saturated heterocycles. The summed E-state index contributed by atoms with van der Waals surface area (Å²) in [7, 11) is 3.31. The first-order valence-electron chi connectivity index (χ1n) is 8.81. The van der Waals surface area contributed by atoms with Crippen molar-refractivity contribution in [3.8, 4) is 11.6 Å². The highest BCUT2D eigenvalue weighted by atomic mass is 127. The molecule has 0 aliphatic heterocycles. The largest absolute Gasteiger partial charge is 0.496 e. The number of guanidine groups is 1. The molecule has 7 heteroatoms. The van der Waals surface area contributed by atoms with E-state index in [2.05, 4.69) is 46.6 Å². The molecule has 1 aromatic heterocycles. The molecule has 27 heavy (non-hydrogen) atoms. The van der Waals surface area contributed by atoms with Crippen molar-refractivity contribution in [2.24, 2.45) is 4.99 Å². The van der Waals surface area contributed by atoms with E-state index in [1.807, 2.05) is 18.2 Å². The lowest BCUT2D eigenvalue weighted by Crippen LogP contribution is -2.38. The standard InChI is InChI=1S/C20H28N4O2.HI/c1-5-21-20(24-14-16-7-9-19(26-4)23-13-16)22-11-10-17-12-15(2)6-8-18(17)25-3;/h6-9,12-13H,5,10-11,14H2,1-4H3,(H2,21,22,24);1H. The third-order valence-corrected chi connectivity index (χ3v) is 3.89. The van der Waals surface area contributed by atoms with Crippen molar-refractivity contribution in [3.05, 3.63) is 53.2 Å². The molecule has 0 saturated carbocycles. The molecule has 0 radical (unpaired) electrons. The molecule has 0 bridgehead atoms. The predicted molar refractivity (Wildman–Crippen MR) is 120 cm³/mol. The van der Waals surface area contributed by atoms with Gasteiger partial charge >= 0.3 is 0 Å². The van der Waals surface area contributed by atoms with Crippen molar-refractivity contribution in [2.45, 2.75) is 26.8 Å². The quantitative estimate of drug-likeness (QED) is 0.342. The molecule has 0 unspecified atom stereocenters. The van der Waals surface area contributed by atoms with Crippen molar-refractivity contribution >= 4 is 29.9 Å². The van der Waals surface area contributed by atoms with Crippen molar-refractivity contribution in [1.29, 1.82) is 0 Å². The van der Waals surface area contributed by atoms with E-state index in [4.69, 9.17) is 9.47 Å². The Balaban J connectivity index is 0.00000364. The number of aryl methyl sites for hydroxylation is 1. The molecule has 0 aliphatic carbocycles. The number of hydrogen-bond donors (Lipinski definition) is 2. The van der Waals surface area contributed by atoms with Gasteiger partial charge in [-0.2, -0.15) is 0 Å². The molecule has 2 rings (SSSR count). The Labute approximate surface area is 178 Å². The number of benzene rings is 1. The molecular formula is C20H29IN4O2. The summed E-state index contributed by atoms with van der Waals surface area (Å²) in [5.74, 6) is 2.31. The summed E-state index contributed by atoms with van der Waals surface area (Å²) < 4.78 is 10.5. The number of ether oxygens (including phenoxy) is 2. The number of hydrogen-bond acceptors (Lipinski definition) is 4. The highest BCUT2D eigenvalue weighted by molar-refractivity contribution is 14.0. The van der Waals surface area contributed by atoms with Gasteiger partial charge < -0.3 is 20.1 Å². The Hall–Kier alpha value is -2.03. The van der Waals surface area contributed by atoms with Crippen LogP contribution >= 0.6 is 24.0 Å². The number of pyridine rings is 1. The predicted octanol–water partition coefficient (Wildman–Crippen LogP) is 3.32. The summed E-state index contributed by atoms with van der Waals surface area (Å²) >= 11 is 0. The van der Waals surface area contributed by atoms with Gasteiger partial charge in [0.1, 0.15) is 5.75 Å². The number of aromatic nitrogens is 1. The van der Waals surface area contributed by atoms with Gasteiger partial charge in [0.2, 0.25) is 5.88 Å². The average Bonchev–Trinajstić information content (AvgIpc) is 2.66. The lowest BCUT2D eigenvalue weighted by atomic mass is 10.1. The van der Waals surface area contributed by atoms with Crippen LogP contribution in [0.2, 0.25) is 0 Å². The van der Waals surface area contributed by atoms with E-state index < -0.39 is 0 Å². The SMILES string of the molecule is CCNC(=NCc1ccc(OC)nc1)NCCc1cc(C)ccc1OC.I. The minimum Gasteiger partial charge on any atom is -0.496 e. The average molecular weight is 484 g/mol. The van der Waals surface area contributed by atoms with Crippen LogP contribution in [0.5, 0.6) is 11.6 Å². The van der Waals surface area contributed by atoms with Crippen molar-refractivity contribution in [3.63, 3.8) is 0 Å². The van der Waals surface area contributed by atoms with E-state index in [0.717, 1.165) is 36.8 Å². The number of nitrogens with zero attached hydrogens (tertiary/aromatic N) is 2. The van der Waals surface area contributed by atoms with Crippen LogP contribution in [-0.4, -0.2) is 38.3 Å². The van der Waals surface area contributed by atoms with Gasteiger partial charge in [-0.05, 0) is 37.5 Å².